The Morgan fingerprint density at radius 3 is 2.75 bits per heavy atom. The maximum absolute atomic E-state index is 12.2. The Bertz CT molecular complexity index is 561. The van der Waals surface area contributed by atoms with Crippen molar-refractivity contribution >= 4 is 28.3 Å². The number of hydrogen-bond acceptors (Lipinski definition) is 2. The van der Waals surface area contributed by atoms with Crippen LogP contribution >= 0.6 is 11.6 Å². The number of nitrogens with one attached hydrogen (secondary N) is 1. The zero-order valence-corrected chi connectivity index (χ0v) is 8.36. The summed E-state index contributed by atoms with van der Waals surface area (Å²) in [5.41, 5.74) is -0.233. The fraction of sp³-hybridized carbons (Fsp3) is 0.111. The minimum Gasteiger partial charge on any atom is -0.358 e. The van der Waals surface area contributed by atoms with Crippen LogP contribution in [0.3, 0.4) is 0 Å². The fourth-order valence-electron chi connectivity index (χ4n) is 1.36. The Hall–Kier alpha value is -1.56. The van der Waals surface area contributed by atoms with Crippen LogP contribution in [0, 0.1) is 0 Å². The van der Waals surface area contributed by atoms with E-state index in [1.807, 2.05) is 0 Å². The van der Waals surface area contributed by atoms with Crippen LogP contribution in [0.1, 0.15) is 10.4 Å². The molecule has 0 unspecified atom stereocenters. The number of H-pyrrole nitrogens is 1. The molecule has 0 bridgehead atoms. The number of Topliss-reactive ketones (excluding diaryl/α,β-unsaturated/α-hetero) is 1. The average molecular weight is 249 g/mol. The number of fused-ring (bicyclic) bond motifs is 1. The number of ketones is 1. The van der Waals surface area contributed by atoms with Gasteiger partial charge >= 0.3 is 6.18 Å². The molecule has 7 heteroatoms. The molecule has 0 spiro atoms. The highest BCUT2D eigenvalue weighted by molar-refractivity contribution is 6.34. The third-order valence-electron chi connectivity index (χ3n) is 2.06. The highest BCUT2D eigenvalue weighted by Gasteiger charge is 2.40. The van der Waals surface area contributed by atoms with E-state index >= 15 is 0 Å². The molecule has 0 aliphatic heterocycles. The van der Waals surface area contributed by atoms with E-state index in [9.17, 15) is 18.0 Å². The first-order valence-electron chi connectivity index (χ1n) is 4.14. The molecule has 2 heterocycles. The summed E-state index contributed by atoms with van der Waals surface area (Å²) in [5.74, 6) is -1.90. The summed E-state index contributed by atoms with van der Waals surface area (Å²) >= 11 is 5.65. The molecule has 3 nitrogen and oxygen atoms in total. The molecule has 0 amide bonds. The van der Waals surface area contributed by atoms with E-state index in [1.54, 1.807) is 0 Å². The van der Waals surface area contributed by atoms with Crippen LogP contribution in [-0.4, -0.2) is 21.9 Å². The smallest absolute Gasteiger partial charge is 0.358 e. The summed E-state index contributed by atoms with van der Waals surface area (Å²) in [7, 11) is 0. The van der Waals surface area contributed by atoms with Crippen molar-refractivity contribution < 1.29 is 18.0 Å². The van der Waals surface area contributed by atoms with E-state index in [0.29, 0.717) is 0 Å². The summed E-state index contributed by atoms with van der Waals surface area (Å²) in [6.07, 6.45) is -2.68. The lowest BCUT2D eigenvalue weighted by atomic mass is 10.1. The monoisotopic (exact) mass is 248 g/mol. The van der Waals surface area contributed by atoms with Gasteiger partial charge in [-0.25, -0.2) is 4.98 Å². The van der Waals surface area contributed by atoms with E-state index in [4.69, 9.17) is 11.6 Å². The number of carbonyl (C=O) groups excluding carboxylic acids is 1. The third kappa shape index (κ3) is 1.65. The van der Waals surface area contributed by atoms with E-state index in [-0.39, 0.29) is 16.1 Å². The largest absolute Gasteiger partial charge is 0.454 e. The van der Waals surface area contributed by atoms with Crippen molar-refractivity contribution in [3.63, 3.8) is 0 Å². The summed E-state index contributed by atoms with van der Waals surface area (Å²) in [5, 5.41) is 0.140. The van der Waals surface area contributed by atoms with Crippen LogP contribution in [0.5, 0.6) is 0 Å². The maximum atomic E-state index is 12.2. The first-order valence-corrected chi connectivity index (χ1v) is 4.52. The Labute approximate surface area is 92.2 Å². The van der Waals surface area contributed by atoms with Gasteiger partial charge in [0.1, 0.15) is 0 Å². The molecule has 0 saturated heterocycles. The van der Waals surface area contributed by atoms with Gasteiger partial charge in [-0.1, -0.05) is 11.6 Å². The fourth-order valence-corrected chi connectivity index (χ4v) is 1.57. The lowest BCUT2D eigenvalue weighted by molar-refractivity contribution is -0.0884. The zero-order chi connectivity index (χ0) is 11.9. The molecule has 2 rings (SSSR count). The lowest BCUT2D eigenvalue weighted by Gasteiger charge is -2.03. The minimum absolute atomic E-state index is 0.0266. The molecule has 1 N–H and O–H groups in total. The number of carbonyl (C=O) groups is 1. The molecular formula is C9H4ClF3N2O. The lowest BCUT2D eigenvalue weighted by Crippen LogP contribution is -2.22. The summed E-state index contributed by atoms with van der Waals surface area (Å²) in [6.45, 7) is 0. The predicted octanol–water partition coefficient (Wildman–Crippen LogP) is 2.96. The van der Waals surface area contributed by atoms with Gasteiger partial charge in [-0.3, -0.25) is 4.79 Å². The number of alkyl halides is 3. The van der Waals surface area contributed by atoms with Crippen molar-refractivity contribution in [1.29, 1.82) is 0 Å². The van der Waals surface area contributed by atoms with Crippen LogP contribution in [0.4, 0.5) is 13.2 Å². The highest BCUT2D eigenvalue weighted by Crippen LogP contribution is 2.28. The topological polar surface area (TPSA) is 45.8 Å². The number of halogens is 4. The molecule has 84 valence electrons. The van der Waals surface area contributed by atoms with Crippen molar-refractivity contribution in [3.8, 4) is 0 Å². The molecule has 2 aromatic heterocycles. The Kier molecular flexibility index (Phi) is 2.38. The normalized spacial score (nSPS) is 12.0. The van der Waals surface area contributed by atoms with Gasteiger partial charge in [0.2, 0.25) is 0 Å². The van der Waals surface area contributed by atoms with E-state index in [0.717, 1.165) is 6.20 Å². The SMILES string of the molecule is O=C(c1c[nH]c2c(Cl)nccc12)C(F)(F)F. The predicted molar refractivity (Wildman–Crippen MR) is 51.5 cm³/mol. The Morgan fingerprint density at radius 1 is 1.44 bits per heavy atom. The van der Waals surface area contributed by atoms with Gasteiger partial charge in [0.15, 0.2) is 5.15 Å². The zero-order valence-electron chi connectivity index (χ0n) is 7.60. The molecule has 0 atom stereocenters. The summed E-state index contributed by atoms with van der Waals surface area (Å²) in [6, 6.07) is 1.30. The number of nitrogens with zero attached hydrogens (tertiary/aromatic N) is 1. The molecule has 2 aromatic rings. The first kappa shape index (κ1) is 10.9. The van der Waals surface area contributed by atoms with Crippen LogP contribution in [0.2, 0.25) is 5.15 Å². The van der Waals surface area contributed by atoms with Gasteiger partial charge < -0.3 is 4.98 Å². The highest BCUT2D eigenvalue weighted by atomic mass is 35.5. The second kappa shape index (κ2) is 3.48. The average Bonchev–Trinajstić information content (AvgIpc) is 2.60. The maximum Gasteiger partial charge on any atom is 0.454 e. The second-order valence-electron chi connectivity index (χ2n) is 3.05. The van der Waals surface area contributed by atoms with Crippen molar-refractivity contribution in [1.82, 2.24) is 9.97 Å². The third-order valence-corrected chi connectivity index (χ3v) is 2.34. The number of pyridine rings is 1. The van der Waals surface area contributed by atoms with Crippen molar-refractivity contribution in [2.45, 2.75) is 6.18 Å². The van der Waals surface area contributed by atoms with E-state index in [1.165, 1.54) is 12.3 Å². The molecular weight excluding hydrogens is 245 g/mol. The van der Waals surface area contributed by atoms with Crippen molar-refractivity contribution in [2.24, 2.45) is 0 Å². The number of aromatic nitrogens is 2. The van der Waals surface area contributed by atoms with Crippen LogP contribution in [0.15, 0.2) is 18.5 Å². The van der Waals surface area contributed by atoms with Gasteiger partial charge in [-0.2, -0.15) is 13.2 Å². The van der Waals surface area contributed by atoms with Gasteiger partial charge in [0, 0.05) is 17.8 Å². The molecule has 0 radical (unpaired) electrons. The molecule has 0 saturated carbocycles. The van der Waals surface area contributed by atoms with Crippen LogP contribution < -0.4 is 0 Å². The summed E-state index contributed by atoms with van der Waals surface area (Å²) in [4.78, 5) is 17.2. The number of rotatable bonds is 1. The number of aromatic amines is 1. The quantitative estimate of drug-likeness (QED) is 0.623. The van der Waals surface area contributed by atoms with Gasteiger partial charge in [-0.05, 0) is 6.07 Å². The van der Waals surface area contributed by atoms with Crippen molar-refractivity contribution in [2.75, 3.05) is 0 Å². The molecule has 0 fully saturated rings. The Morgan fingerprint density at radius 2 is 2.12 bits per heavy atom. The summed E-state index contributed by atoms with van der Waals surface area (Å²) < 4.78 is 36.7. The molecule has 16 heavy (non-hydrogen) atoms. The standard InChI is InChI=1S/C9H4ClF3N2O/c10-8-6-4(1-2-14-8)5(3-15-6)7(16)9(11,12)13/h1-3,15H. The molecule has 0 aliphatic carbocycles. The molecule has 0 aromatic carbocycles. The first-order chi connectivity index (χ1) is 7.41. The van der Waals surface area contributed by atoms with Crippen molar-refractivity contribution in [3.05, 3.63) is 29.2 Å². The van der Waals surface area contributed by atoms with Gasteiger partial charge in [0.05, 0.1) is 11.1 Å². The van der Waals surface area contributed by atoms with Crippen LogP contribution in [-0.2, 0) is 0 Å². The van der Waals surface area contributed by atoms with E-state index in [2.05, 4.69) is 9.97 Å². The number of hydrogen-bond donors (Lipinski definition) is 1. The van der Waals surface area contributed by atoms with Crippen LogP contribution in [0.25, 0.3) is 10.9 Å². The van der Waals surface area contributed by atoms with Gasteiger partial charge in [0.25, 0.3) is 5.78 Å². The van der Waals surface area contributed by atoms with Gasteiger partial charge in [-0.15, -0.1) is 0 Å². The Balaban J connectivity index is 2.64. The van der Waals surface area contributed by atoms with E-state index < -0.39 is 17.5 Å². The molecule has 0 aliphatic rings. The second-order valence-corrected chi connectivity index (χ2v) is 3.41. The minimum atomic E-state index is -4.90.